The lowest BCUT2D eigenvalue weighted by Crippen LogP contribution is -2.48. The summed E-state index contributed by atoms with van der Waals surface area (Å²) in [5.41, 5.74) is -1.46. The number of hydrogen-bond donors (Lipinski definition) is 2. The molecule has 0 radical (unpaired) electrons. The third-order valence-corrected chi connectivity index (χ3v) is 3.04. The van der Waals surface area contributed by atoms with Crippen LogP contribution in [0.25, 0.3) is 0 Å². The zero-order valence-corrected chi connectivity index (χ0v) is 11.3. The van der Waals surface area contributed by atoms with Gasteiger partial charge < -0.3 is 10.4 Å². The van der Waals surface area contributed by atoms with Crippen molar-refractivity contribution in [3.63, 3.8) is 0 Å². The maximum absolute atomic E-state index is 12.0. The molecule has 2 N–H and O–H groups in total. The first-order chi connectivity index (χ1) is 8.83. The monoisotopic (exact) mass is 287 g/mol. The minimum atomic E-state index is -0.847. The lowest BCUT2D eigenvalue weighted by molar-refractivity contribution is -0.385. The molecule has 1 atom stereocenters. The number of nitrogens with zero attached hydrogens (tertiary/aromatic N) is 2. The molecule has 0 aliphatic heterocycles. The molecule has 7 nitrogen and oxygen atoms in total. The average Bonchev–Trinajstić information content (AvgIpc) is 2.38. The zero-order chi connectivity index (χ0) is 14.6. The topological polar surface area (TPSA) is 105 Å². The number of hydrogen-bond acceptors (Lipinski definition) is 5. The van der Waals surface area contributed by atoms with Gasteiger partial charge in [0.2, 0.25) is 0 Å². The molecule has 1 aromatic heterocycles. The van der Waals surface area contributed by atoms with Crippen LogP contribution in [0.2, 0.25) is 5.15 Å². The lowest BCUT2D eigenvalue weighted by Gasteiger charge is -2.27. The molecule has 0 saturated carbocycles. The maximum Gasteiger partial charge on any atom is 0.300 e. The van der Waals surface area contributed by atoms with Crippen molar-refractivity contribution in [3.05, 3.63) is 33.1 Å². The Morgan fingerprint density at radius 1 is 1.68 bits per heavy atom. The Labute approximate surface area is 114 Å². The predicted molar refractivity (Wildman–Crippen MR) is 69.1 cm³/mol. The molecule has 0 spiro atoms. The molecule has 19 heavy (non-hydrogen) atoms. The summed E-state index contributed by atoms with van der Waals surface area (Å²) in [6.45, 7) is 3.14. The summed E-state index contributed by atoms with van der Waals surface area (Å²) < 4.78 is 0. The first-order valence-corrected chi connectivity index (χ1v) is 5.94. The first kappa shape index (κ1) is 15.3. The van der Waals surface area contributed by atoms with Crippen LogP contribution >= 0.6 is 11.6 Å². The summed E-state index contributed by atoms with van der Waals surface area (Å²) >= 11 is 5.64. The molecular weight excluding hydrogens is 274 g/mol. The van der Waals surface area contributed by atoms with Gasteiger partial charge in [-0.25, -0.2) is 4.98 Å². The number of carbonyl (C=O) groups is 1. The van der Waals surface area contributed by atoms with Crippen LogP contribution in [-0.4, -0.2) is 33.1 Å². The van der Waals surface area contributed by atoms with Gasteiger partial charge in [0.05, 0.1) is 17.1 Å². The molecule has 1 unspecified atom stereocenters. The first-order valence-electron chi connectivity index (χ1n) is 5.56. The third-order valence-electron chi connectivity index (χ3n) is 2.84. The Morgan fingerprint density at radius 3 is 2.79 bits per heavy atom. The molecule has 1 heterocycles. The largest absolute Gasteiger partial charge is 0.394 e. The SMILES string of the molecule is CCC(C)(CO)NC(=O)c1cc(Cl)ncc1[N+](=O)[O-]. The molecular formula is C11H14ClN3O4. The van der Waals surface area contributed by atoms with Crippen molar-refractivity contribution in [1.82, 2.24) is 10.3 Å². The summed E-state index contributed by atoms with van der Waals surface area (Å²) in [4.78, 5) is 25.7. The summed E-state index contributed by atoms with van der Waals surface area (Å²) in [5.74, 6) is -0.672. The van der Waals surface area contributed by atoms with Gasteiger partial charge in [-0.2, -0.15) is 0 Å². The number of aromatic nitrogens is 1. The van der Waals surface area contributed by atoms with E-state index in [2.05, 4.69) is 10.3 Å². The van der Waals surface area contributed by atoms with Crippen LogP contribution in [0.5, 0.6) is 0 Å². The number of rotatable bonds is 5. The molecule has 1 amide bonds. The van der Waals surface area contributed by atoms with E-state index in [4.69, 9.17) is 11.6 Å². The fourth-order valence-electron chi connectivity index (χ4n) is 1.33. The van der Waals surface area contributed by atoms with E-state index in [1.54, 1.807) is 13.8 Å². The minimum absolute atomic E-state index is 0.0158. The van der Waals surface area contributed by atoms with E-state index in [-0.39, 0.29) is 17.3 Å². The quantitative estimate of drug-likeness (QED) is 0.485. The van der Waals surface area contributed by atoms with Gasteiger partial charge in [-0.15, -0.1) is 0 Å². The molecule has 0 aromatic carbocycles. The predicted octanol–water partition coefficient (Wildman–Crippen LogP) is 1.53. The average molecular weight is 288 g/mol. The summed E-state index contributed by atoms with van der Waals surface area (Å²) in [5, 5.41) is 22.6. The Hall–Kier alpha value is -1.73. The lowest BCUT2D eigenvalue weighted by atomic mass is 9.99. The highest BCUT2D eigenvalue weighted by atomic mass is 35.5. The van der Waals surface area contributed by atoms with E-state index in [9.17, 15) is 20.0 Å². The van der Waals surface area contributed by atoms with Crippen LogP contribution in [0, 0.1) is 10.1 Å². The molecule has 0 saturated heterocycles. The zero-order valence-electron chi connectivity index (χ0n) is 10.5. The van der Waals surface area contributed by atoms with E-state index in [1.165, 1.54) is 0 Å². The van der Waals surface area contributed by atoms with Gasteiger partial charge in [-0.05, 0) is 19.4 Å². The van der Waals surface area contributed by atoms with E-state index >= 15 is 0 Å². The standard InChI is InChI=1S/C11H14ClN3O4/c1-3-11(2,6-16)14-10(17)7-4-9(12)13-5-8(7)15(18)19/h4-5,16H,3,6H2,1-2H3,(H,14,17). The molecule has 0 bridgehead atoms. The highest BCUT2D eigenvalue weighted by Crippen LogP contribution is 2.21. The smallest absolute Gasteiger partial charge is 0.300 e. The van der Waals surface area contributed by atoms with Crippen molar-refractivity contribution in [3.8, 4) is 0 Å². The van der Waals surface area contributed by atoms with Gasteiger partial charge >= 0.3 is 0 Å². The molecule has 1 aromatic rings. The summed E-state index contributed by atoms with van der Waals surface area (Å²) in [6.07, 6.45) is 1.40. The highest BCUT2D eigenvalue weighted by molar-refractivity contribution is 6.29. The van der Waals surface area contributed by atoms with Crippen LogP contribution in [0.1, 0.15) is 30.6 Å². The second-order valence-electron chi connectivity index (χ2n) is 4.31. The van der Waals surface area contributed by atoms with Gasteiger partial charge in [0.25, 0.3) is 11.6 Å². The highest BCUT2D eigenvalue weighted by Gasteiger charge is 2.28. The minimum Gasteiger partial charge on any atom is -0.394 e. The van der Waals surface area contributed by atoms with Crippen molar-refractivity contribution >= 4 is 23.2 Å². The van der Waals surface area contributed by atoms with Crippen molar-refractivity contribution in [2.75, 3.05) is 6.61 Å². The number of pyridine rings is 1. The van der Waals surface area contributed by atoms with Crippen molar-refractivity contribution < 1.29 is 14.8 Å². The Morgan fingerprint density at radius 2 is 2.32 bits per heavy atom. The van der Waals surface area contributed by atoms with Crippen molar-refractivity contribution in [1.29, 1.82) is 0 Å². The number of aliphatic hydroxyl groups is 1. The van der Waals surface area contributed by atoms with Crippen LogP contribution in [-0.2, 0) is 0 Å². The number of halogens is 1. The summed E-state index contributed by atoms with van der Waals surface area (Å²) in [6, 6.07) is 1.13. The van der Waals surface area contributed by atoms with E-state index in [0.29, 0.717) is 6.42 Å². The number of carbonyl (C=O) groups excluding carboxylic acids is 1. The van der Waals surface area contributed by atoms with E-state index < -0.39 is 22.1 Å². The van der Waals surface area contributed by atoms with E-state index in [1.807, 2.05) is 0 Å². The van der Waals surface area contributed by atoms with Gasteiger partial charge in [0, 0.05) is 0 Å². The fraction of sp³-hybridized carbons (Fsp3) is 0.455. The van der Waals surface area contributed by atoms with Gasteiger partial charge in [-0.3, -0.25) is 14.9 Å². The molecule has 0 aliphatic carbocycles. The Bertz CT molecular complexity index is 503. The van der Waals surface area contributed by atoms with Crippen LogP contribution in [0.3, 0.4) is 0 Å². The van der Waals surface area contributed by atoms with Crippen LogP contribution in [0.15, 0.2) is 12.3 Å². The number of nitro groups is 1. The molecule has 104 valence electrons. The number of nitrogens with one attached hydrogen (secondary N) is 1. The second-order valence-corrected chi connectivity index (χ2v) is 4.69. The van der Waals surface area contributed by atoms with Gasteiger partial charge in [0.15, 0.2) is 0 Å². The fourth-order valence-corrected chi connectivity index (χ4v) is 1.49. The molecule has 8 heteroatoms. The summed E-state index contributed by atoms with van der Waals surface area (Å²) in [7, 11) is 0. The Kier molecular flexibility index (Phi) is 4.79. The van der Waals surface area contributed by atoms with Crippen molar-refractivity contribution in [2.45, 2.75) is 25.8 Å². The second kappa shape index (κ2) is 5.94. The number of amides is 1. The van der Waals surface area contributed by atoms with E-state index in [0.717, 1.165) is 12.3 Å². The Balaban J connectivity index is 3.12. The molecule has 0 aliphatic rings. The van der Waals surface area contributed by atoms with Crippen LogP contribution in [0.4, 0.5) is 5.69 Å². The van der Waals surface area contributed by atoms with Crippen LogP contribution < -0.4 is 5.32 Å². The van der Waals surface area contributed by atoms with Gasteiger partial charge in [0.1, 0.15) is 16.9 Å². The van der Waals surface area contributed by atoms with Crippen molar-refractivity contribution in [2.24, 2.45) is 0 Å². The molecule has 0 fully saturated rings. The molecule has 1 rings (SSSR count). The normalized spacial score (nSPS) is 13.7. The number of aliphatic hydroxyl groups excluding tert-OH is 1. The maximum atomic E-state index is 12.0. The third kappa shape index (κ3) is 3.62. The van der Waals surface area contributed by atoms with Gasteiger partial charge in [-0.1, -0.05) is 18.5 Å².